The molecule has 0 unspecified atom stereocenters. The van der Waals surface area contributed by atoms with Gasteiger partial charge in [-0.25, -0.2) is 0 Å². The van der Waals surface area contributed by atoms with E-state index in [4.69, 9.17) is 8.83 Å². The van der Waals surface area contributed by atoms with Crippen LogP contribution < -0.4 is 10.6 Å². The Morgan fingerprint density at radius 1 is 0.700 bits per heavy atom. The second-order valence-corrected chi connectivity index (χ2v) is 6.13. The van der Waals surface area contributed by atoms with Crippen LogP contribution in [0.2, 0.25) is 0 Å². The van der Waals surface area contributed by atoms with E-state index in [0.717, 1.165) is 0 Å². The van der Waals surface area contributed by atoms with E-state index in [-0.39, 0.29) is 11.5 Å². The van der Waals surface area contributed by atoms with Crippen molar-refractivity contribution in [3.8, 4) is 0 Å². The van der Waals surface area contributed by atoms with Gasteiger partial charge in [-0.15, -0.1) is 5.11 Å². The number of furan rings is 2. The van der Waals surface area contributed by atoms with Crippen molar-refractivity contribution in [2.75, 3.05) is 10.6 Å². The highest BCUT2D eigenvalue weighted by atomic mass is 16.3. The number of benzene rings is 2. The minimum Gasteiger partial charge on any atom is -0.459 e. The summed E-state index contributed by atoms with van der Waals surface area (Å²) >= 11 is 0. The molecule has 8 heteroatoms. The highest BCUT2D eigenvalue weighted by molar-refractivity contribution is 6.06. The van der Waals surface area contributed by atoms with E-state index in [2.05, 4.69) is 20.9 Å². The molecule has 0 bridgehead atoms. The Morgan fingerprint density at radius 2 is 1.37 bits per heavy atom. The van der Waals surface area contributed by atoms with Gasteiger partial charge in [0.25, 0.3) is 11.8 Å². The molecular formula is C22H16N4O4. The van der Waals surface area contributed by atoms with Crippen molar-refractivity contribution in [1.82, 2.24) is 0 Å². The number of anilines is 2. The quantitative estimate of drug-likeness (QED) is 0.399. The van der Waals surface area contributed by atoms with Crippen LogP contribution in [0.15, 0.2) is 104 Å². The number of amides is 2. The van der Waals surface area contributed by atoms with Crippen LogP contribution >= 0.6 is 0 Å². The van der Waals surface area contributed by atoms with Crippen LogP contribution in [0, 0.1) is 0 Å². The first-order valence-electron chi connectivity index (χ1n) is 8.99. The predicted octanol–water partition coefficient (Wildman–Crippen LogP) is 5.79. The summed E-state index contributed by atoms with van der Waals surface area (Å²) in [6.07, 6.45) is 2.82. The maximum absolute atomic E-state index is 12.4. The van der Waals surface area contributed by atoms with Gasteiger partial charge in [0, 0.05) is 5.69 Å². The second-order valence-electron chi connectivity index (χ2n) is 6.13. The first-order valence-corrected chi connectivity index (χ1v) is 8.99. The third-order valence-corrected chi connectivity index (χ3v) is 4.02. The summed E-state index contributed by atoms with van der Waals surface area (Å²) in [7, 11) is 0. The number of rotatable bonds is 6. The SMILES string of the molecule is O=C(Nc1ccc(/N=N/c2ccccc2)c(NC(=O)c2ccco2)c1)c1ccco1. The van der Waals surface area contributed by atoms with Crippen LogP contribution in [0.25, 0.3) is 0 Å². The molecule has 2 aromatic carbocycles. The molecule has 2 N–H and O–H groups in total. The van der Waals surface area contributed by atoms with E-state index in [1.807, 2.05) is 30.3 Å². The first-order chi connectivity index (χ1) is 14.7. The van der Waals surface area contributed by atoms with Gasteiger partial charge in [0.1, 0.15) is 5.69 Å². The zero-order valence-corrected chi connectivity index (χ0v) is 15.6. The van der Waals surface area contributed by atoms with Crippen molar-refractivity contribution in [2.24, 2.45) is 10.2 Å². The molecule has 0 atom stereocenters. The molecule has 8 nitrogen and oxygen atoms in total. The summed E-state index contributed by atoms with van der Waals surface area (Å²) in [6, 6.07) is 20.4. The van der Waals surface area contributed by atoms with Crippen LogP contribution in [-0.2, 0) is 0 Å². The molecule has 0 aliphatic rings. The van der Waals surface area contributed by atoms with Crippen molar-refractivity contribution < 1.29 is 18.4 Å². The summed E-state index contributed by atoms with van der Waals surface area (Å²) < 4.78 is 10.2. The number of carbonyl (C=O) groups is 2. The molecular weight excluding hydrogens is 384 g/mol. The van der Waals surface area contributed by atoms with Gasteiger partial charge in [-0.1, -0.05) is 18.2 Å². The summed E-state index contributed by atoms with van der Waals surface area (Å²) in [5, 5.41) is 13.9. The van der Waals surface area contributed by atoms with Gasteiger partial charge < -0.3 is 19.5 Å². The van der Waals surface area contributed by atoms with Gasteiger partial charge >= 0.3 is 0 Å². The van der Waals surface area contributed by atoms with Gasteiger partial charge in [0.05, 0.1) is 23.9 Å². The molecule has 0 saturated carbocycles. The predicted molar refractivity (Wildman–Crippen MR) is 110 cm³/mol. The Labute approximate surface area is 171 Å². The summed E-state index contributed by atoms with van der Waals surface area (Å²) in [4.78, 5) is 24.7. The largest absolute Gasteiger partial charge is 0.459 e. The standard InChI is InChI=1S/C22H16N4O4/c27-21(19-8-4-12-29-19)23-16-10-11-17(26-25-15-6-2-1-3-7-15)18(14-16)24-22(28)20-9-5-13-30-20/h1-14H,(H,23,27)(H,24,28)/b26-25+. The zero-order chi connectivity index (χ0) is 20.8. The van der Waals surface area contributed by atoms with E-state index >= 15 is 0 Å². The highest BCUT2D eigenvalue weighted by Crippen LogP contribution is 2.31. The molecule has 2 aromatic heterocycles. The van der Waals surface area contributed by atoms with E-state index in [1.54, 1.807) is 42.5 Å². The molecule has 0 radical (unpaired) electrons. The number of hydrogen-bond donors (Lipinski definition) is 2. The van der Waals surface area contributed by atoms with Crippen molar-refractivity contribution in [2.45, 2.75) is 0 Å². The lowest BCUT2D eigenvalue weighted by molar-refractivity contribution is 0.0990. The number of nitrogens with one attached hydrogen (secondary N) is 2. The number of azo groups is 1. The molecule has 2 amide bonds. The summed E-state index contributed by atoms with van der Waals surface area (Å²) in [5.41, 5.74) is 1.88. The third-order valence-electron chi connectivity index (χ3n) is 4.02. The van der Waals surface area contributed by atoms with Gasteiger partial charge in [0.15, 0.2) is 11.5 Å². The summed E-state index contributed by atoms with van der Waals surface area (Å²) in [5.74, 6) is -0.553. The average molecular weight is 400 g/mol. The molecule has 30 heavy (non-hydrogen) atoms. The molecule has 2 heterocycles. The Kier molecular flexibility index (Phi) is 5.47. The monoisotopic (exact) mass is 400 g/mol. The van der Waals surface area contributed by atoms with Crippen molar-refractivity contribution in [3.05, 3.63) is 96.8 Å². The van der Waals surface area contributed by atoms with Crippen LogP contribution in [-0.4, -0.2) is 11.8 Å². The fourth-order valence-electron chi connectivity index (χ4n) is 2.60. The van der Waals surface area contributed by atoms with E-state index in [1.165, 1.54) is 12.5 Å². The van der Waals surface area contributed by atoms with Crippen LogP contribution in [0.5, 0.6) is 0 Å². The highest BCUT2D eigenvalue weighted by Gasteiger charge is 2.14. The molecule has 0 aliphatic heterocycles. The Balaban J connectivity index is 1.61. The van der Waals surface area contributed by atoms with Gasteiger partial charge in [0.2, 0.25) is 0 Å². The maximum Gasteiger partial charge on any atom is 0.291 e. The van der Waals surface area contributed by atoms with Gasteiger partial charge in [-0.3, -0.25) is 9.59 Å². The Hall–Kier alpha value is -4.46. The number of hydrogen-bond acceptors (Lipinski definition) is 6. The molecule has 148 valence electrons. The Morgan fingerprint density at radius 3 is 2.00 bits per heavy atom. The lowest BCUT2D eigenvalue weighted by atomic mass is 10.2. The van der Waals surface area contributed by atoms with Crippen LogP contribution in [0.4, 0.5) is 22.7 Å². The fraction of sp³-hybridized carbons (Fsp3) is 0. The molecule has 0 fully saturated rings. The smallest absolute Gasteiger partial charge is 0.291 e. The average Bonchev–Trinajstić information content (AvgIpc) is 3.48. The maximum atomic E-state index is 12.4. The van der Waals surface area contributed by atoms with E-state index in [0.29, 0.717) is 22.7 Å². The minimum atomic E-state index is -0.453. The van der Waals surface area contributed by atoms with E-state index < -0.39 is 11.8 Å². The van der Waals surface area contributed by atoms with Crippen molar-refractivity contribution >= 4 is 34.6 Å². The van der Waals surface area contributed by atoms with Crippen molar-refractivity contribution in [3.63, 3.8) is 0 Å². The van der Waals surface area contributed by atoms with Gasteiger partial charge in [-0.2, -0.15) is 5.11 Å². The topological polar surface area (TPSA) is 109 Å². The first kappa shape index (κ1) is 18.9. The van der Waals surface area contributed by atoms with Crippen LogP contribution in [0.3, 0.4) is 0 Å². The number of nitrogens with zero attached hydrogens (tertiary/aromatic N) is 2. The van der Waals surface area contributed by atoms with Crippen LogP contribution in [0.1, 0.15) is 21.1 Å². The van der Waals surface area contributed by atoms with E-state index in [9.17, 15) is 9.59 Å². The fourth-order valence-corrected chi connectivity index (χ4v) is 2.60. The molecule has 0 aliphatic carbocycles. The molecule has 0 saturated heterocycles. The van der Waals surface area contributed by atoms with Crippen molar-refractivity contribution in [1.29, 1.82) is 0 Å². The minimum absolute atomic E-state index is 0.144. The lowest BCUT2D eigenvalue weighted by Gasteiger charge is -2.10. The van der Waals surface area contributed by atoms with Gasteiger partial charge in [-0.05, 0) is 54.6 Å². The molecule has 4 rings (SSSR count). The normalized spacial score (nSPS) is 10.8. The second kappa shape index (κ2) is 8.70. The lowest BCUT2D eigenvalue weighted by Crippen LogP contribution is -2.13. The molecule has 4 aromatic rings. The number of carbonyl (C=O) groups excluding carboxylic acids is 2. The zero-order valence-electron chi connectivity index (χ0n) is 15.6. The third kappa shape index (κ3) is 4.50. The summed E-state index contributed by atoms with van der Waals surface area (Å²) in [6.45, 7) is 0. The Bertz CT molecular complexity index is 1170. The molecule has 0 spiro atoms.